The number of hydrogen-bond donors (Lipinski definition) is 2. The van der Waals surface area contributed by atoms with Gasteiger partial charge in [-0.25, -0.2) is 0 Å². The summed E-state index contributed by atoms with van der Waals surface area (Å²) >= 11 is 1.64. The molecule has 1 saturated carbocycles. The molecule has 2 fully saturated rings. The van der Waals surface area contributed by atoms with E-state index in [2.05, 4.69) is 22.1 Å². The van der Waals surface area contributed by atoms with E-state index in [4.69, 9.17) is 0 Å². The molecule has 2 aliphatic rings. The second kappa shape index (κ2) is 7.75. The van der Waals surface area contributed by atoms with Gasteiger partial charge in [-0.3, -0.25) is 14.4 Å². The molecular formula is C21H23N3O3S. The van der Waals surface area contributed by atoms with E-state index in [-0.39, 0.29) is 11.3 Å². The Hall–Kier alpha value is -2.67. The van der Waals surface area contributed by atoms with Gasteiger partial charge in [0, 0.05) is 36.3 Å². The van der Waals surface area contributed by atoms with E-state index >= 15 is 0 Å². The molecule has 2 aromatic rings. The first kappa shape index (κ1) is 18.7. The Morgan fingerprint density at radius 3 is 2.71 bits per heavy atom. The first-order chi connectivity index (χ1) is 13.6. The number of thiophene rings is 1. The van der Waals surface area contributed by atoms with Gasteiger partial charge in [0.2, 0.25) is 5.91 Å². The van der Waals surface area contributed by atoms with Gasteiger partial charge in [0.05, 0.1) is 0 Å². The standard InChI is InChI=1S/C21H23N3O3S/c25-18-6-1-2-10-24(18)17-5-3-4-16(12-17)23-20(27)19(26)22-14-21(8-9-21)15-7-11-28-13-15/h3-5,7,11-13H,1-2,6,8-10,14H2,(H,22,26)(H,23,27). The molecule has 1 saturated heterocycles. The summed E-state index contributed by atoms with van der Waals surface area (Å²) in [5.74, 6) is -1.24. The lowest BCUT2D eigenvalue weighted by atomic mass is 9.99. The minimum absolute atomic E-state index is 0.00944. The van der Waals surface area contributed by atoms with Gasteiger partial charge in [0.1, 0.15) is 0 Å². The van der Waals surface area contributed by atoms with Crippen molar-refractivity contribution in [3.05, 3.63) is 46.7 Å². The first-order valence-corrected chi connectivity index (χ1v) is 10.5. The van der Waals surface area contributed by atoms with E-state index in [9.17, 15) is 14.4 Å². The number of hydrogen-bond acceptors (Lipinski definition) is 4. The smallest absolute Gasteiger partial charge is 0.313 e. The fourth-order valence-electron chi connectivity index (χ4n) is 3.63. The third kappa shape index (κ3) is 3.94. The van der Waals surface area contributed by atoms with Crippen LogP contribution in [0.5, 0.6) is 0 Å². The lowest BCUT2D eigenvalue weighted by molar-refractivity contribution is -0.136. The molecule has 2 N–H and O–H groups in total. The molecule has 28 heavy (non-hydrogen) atoms. The van der Waals surface area contributed by atoms with Crippen LogP contribution in [0.1, 0.15) is 37.7 Å². The summed E-state index contributed by atoms with van der Waals surface area (Å²) < 4.78 is 0. The molecule has 3 amide bonds. The van der Waals surface area contributed by atoms with Gasteiger partial charge in [-0.15, -0.1) is 0 Å². The Bertz CT molecular complexity index is 890. The Labute approximate surface area is 167 Å². The Kier molecular flexibility index (Phi) is 5.17. The molecule has 6 nitrogen and oxygen atoms in total. The van der Waals surface area contributed by atoms with E-state index in [0.29, 0.717) is 25.2 Å². The maximum atomic E-state index is 12.3. The van der Waals surface area contributed by atoms with Crippen LogP contribution in [0.25, 0.3) is 0 Å². The summed E-state index contributed by atoms with van der Waals surface area (Å²) in [5.41, 5.74) is 2.48. The first-order valence-electron chi connectivity index (χ1n) is 9.60. The lowest BCUT2D eigenvalue weighted by Gasteiger charge is -2.27. The third-order valence-corrected chi connectivity index (χ3v) is 6.20. The molecular weight excluding hydrogens is 374 g/mol. The van der Waals surface area contributed by atoms with E-state index in [1.807, 2.05) is 11.4 Å². The maximum absolute atomic E-state index is 12.3. The summed E-state index contributed by atoms with van der Waals surface area (Å²) in [7, 11) is 0. The van der Waals surface area contributed by atoms with Crippen LogP contribution in [0.2, 0.25) is 0 Å². The Morgan fingerprint density at radius 2 is 2.00 bits per heavy atom. The van der Waals surface area contributed by atoms with Crippen molar-refractivity contribution in [2.24, 2.45) is 0 Å². The number of rotatable bonds is 5. The predicted octanol–water partition coefficient (Wildman–Crippen LogP) is 3.05. The van der Waals surface area contributed by atoms with Crippen molar-refractivity contribution in [2.45, 2.75) is 37.5 Å². The lowest BCUT2D eigenvalue weighted by Crippen LogP contribution is -2.39. The topological polar surface area (TPSA) is 78.5 Å². The number of carbonyl (C=O) groups is 3. The number of nitrogens with one attached hydrogen (secondary N) is 2. The highest BCUT2D eigenvalue weighted by Gasteiger charge is 2.44. The van der Waals surface area contributed by atoms with Crippen LogP contribution in [0, 0.1) is 0 Å². The van der Waals surface area contributed by atoms with E-state index in [1.165, 1.54) is 5.56 Å². The number of anilines is 2. The molecule has 1 aromatic carbocycles. The van der Waals surface area contributed by atoms with Gasteiger partial charge >= 0.3 is 11.8 Å². The SMILES string of the molecule is O=C(NCC1(c2ccsc2)CC1)C(=O)Nc1cccc(N2CCCCC2=O)c1. The van der Waals surface area contributed by atoms with E-state index in [1.54, 1.807) is 34.4 Å². The molecule has 1 aliphatic heterocycles. The van der Waals surface area contributed by atoms with Crippen LogP contribution in [-0.2, 0) is 19.8 Å². The number of amides is 3. The molecule has 2 heterocycles. The Balaban J connectivity index is 1.35. The third-order valence-electron chi connectivity index (χ3n) is 5.52. The molecule has 0 spiro atoms. The number of piperidine rings is 1. The molecule has 0 unspecified atom stereocenters. The fourth-order valence-corrected chi connectivity index (χ4v) is 4.41. The fraction of sp³-hybridized carbons (Fsp3) is 0.381. The quantitative estimate of drug-likeness (QED) is 0.761. The van der Waals surface area contributed by atoms with E-state index in [0.717, 1.165) is 31.4 Å². The van der Waals surface area contributed by atoms with Gasteiger partial charge in [-0.1, -0.05) is 6.07 Å². The normalized spacial score (nSPS) is 17.9. The maximum Gasteiger partial charge on any atom is 0.313 e. The molecule has 0 bridgehead atoms. The number of carbonyl (C=O) groups excluding carboxylic acids is 3. The van der Waals surface area contributed by atoms with Gasteiger partial charge in [-0.2, -0.15) is 11.3 Å². The second-order valence-electron chi connectivity index (χ2n) is 7.48. The number of benzene rings is 1. The highest BCUT2D eigenvalue weighted by Crippen LogP contribution is 2.48. The zero-order chi connectivity index (χ0) is 19.6. The average molecular weight is 398 g/mol. The van der Waals surface area contributed by atoms with Gasteiger partial charge in [0.25, 0.3) is 0 Å². The molecule has 4 rings (SSSR count). The van der Waals surface area contributed by atoms with Crippen molar-refractivity contribution >= 4 is 40.4 Å². The van der Waals surface area contributed by atoms with Crippen molar-refractivity contribution in [3.63, 3.8) is 0 Å². The zero-order valence-corrected chi connectivity index (χ0v) is 16.4. The van der Waals surface area contributed by atoms with Crippen LogP contribution in [0.3, 0.4) is 0 Å². The number of nitrogens with zero attached hydrogens (tertiary/aromatic N) is 1. The van der Waals surface area contributed by atoms with Crippen molar-refractivity contribution in [1.29, 1.82) is 0 Å². The molecule has 1 aromatic heterocycles. The molecule has 0 atom stereocenters. The Morgan fingerprint density at radius 1 is 1.14 bits per heavy atom. The van der Waals surface area contributed by atoms with Crippen molar-refractivity contribution in [3.8, 4) is 0 Å². The summed E-state index contributed by atoms with van der Waals surface area (Å²) in [6, 6.07) is 9.16. The van der Waals surface area contributed by atoms with Crippen molar-refractivity contribution in [2.75, 3.05) is 23.3 Å². The molecule has 1 aliphatic carbocycles. The average Bonchev–Trinajstić information content (AvgIpc) is 3.28. The highest BCUT2D eigenvalue weighted by atomic mass is 32.1. The van der Waals surface area contributed by atoms with Crippen molar-refractivity contribution < 1.29 is 14.4 Å². The predicted molar refractivity (Wildman–Crippen MR) is 110 cm³/mol. The van der Waals surface area contributed by atoms with Gasteiger partial charge in [-0.05, 0) is 66.3 Å². The van der Waals surface area contributed by atoms with Gasteiger partial charge < -0.3 is 15.5 Å². The van der Waals surface area contributed by atoms with Crippen LogP contribution < -0.4 is 15.5 Å². The van der Waals surface area contributed by atoms with Crippen LogP contribution in [-0.4, -0.2) is 30.8 Å². The monoisotopic (exact) mass is 397 g/mol. The highest BCUT2D eigenvalue weighted by molar-refractivity contribution is 7.08. The minimum Gasteiger partial charge on any atom is -0.347 e. The van der Waals surface area contributed by atoms with Gasteiger partial charge in [0.15, 0.2) is 0 Å². The van der Waals surface area contributed by atoms with Crippen LogP contribution >= 0.6 is 11.3 Å². The second-order valence-corrected chi connectivity index (χ2v) is 8.26. The summed E-state index contributed by atoms with van der Waals surface area (Å²) in [6.45, 7) is 1.15. The minimum atomic E-state index is -0.691. The van der Waals surface area contributed by atoms with Crippen LogP contribution in [0.15, 0.2) is 41.1 Å². The molecule has 146 valence electrons. The molecule has 7 heteroatoms. The zero-order valence-electron chi connectivity index (χ0n) is 15.6. The van der Waals surface area contributed by atoms with E-state index < -0.39 is 11.8 Å². The summed E-state index contributed by atoms with van der Waals surface area (Å²) in [6.07, 6.45) is 4.48. The van der Waals surface area contributed by atoms with Crippen LogP contribution in [0.4, 0.5) is 11.4 Å². The summed E-state index contributed by atoms with van der Waals surface area (Å²) in [4.78, 5) is 38.4. The summed E-state index contributed by atoms with van der Waals surface area (Å²) in [5, 5.41) is 9.54. The van der Waals surface area contributed by atoms with Crippen molar-refractivity contribution in [1.82, 2.24) is 5.32 Å². The molecule has 0 radical (unpaired) electrons. The largest absolute Gasteiger partial charge is 0.347 e.